The molecule has 172 valence electrons. The summed E-state index contributed by atoms with van der Waals surface area (Å²) in [5.41, 5.74) is 1.29. The fourth-order valence-corrected chi connectivity index (χ4v) is 3.97. The number of hydrogen-bond donors (Lipinski definition) is 0. The van der Waals surface area contributed by atoms with E-state index in [0.717, 1.165) is 12.8 Å². The fourth-order valence-electron chi connectivity index (χ4n) is 3.97. The second kappa shape index (κ2) is 10.0. The Kier molecular flexibility index (Phi) is 7.38. The zero-order valence-corrected chi connectivity index (χ0v) is 19.3. The molecule has 7 heteroatoms. The van der Waals surface area contributed by atoms with Gasteiger partial charge in [-0.25, -0.2) is 4.79 Å². The lowest BCUT2D eigenvalue weighted by molar-refractivity contribution is -0.139. The highest BCUT2D eigenvalue weighted by atomic mass is 16.5. The molecular weight excluding hydrogens is 408 g/mol. The summed E-state index contributed by atoms with van der Waals surface area (Å²) in [6.45, 7) is 7.17. The van der Waals surface area contributed by atoms with Gasteiger partial charge in [-0.2, -0.15) is 0 Å². The van der Waals surface area contributed by atoms with Crippen LogP contribution in [-0.2, 0) is 28.9 Å². The highest BCUT2D eigenvalue weighted by Crippen LogP contribution is 2.26. The van der Waals surface area contributed by atoms with Crippen LogP contribution < -0.4 is 10.3 Å². The molecule has 1 aliphatic heterocycles. The fraction of sp³-hybridized carbons (Fsp3) is 0.480. The average molecular weight is 441 g/mol. The van der Waals surface area contributed by atoms with Gasteiger partial charge in [-0.15, -0.1) is 0 Å². The number of carbonyl (C=O) groups is 2. The summed E-state index contributed by atoms with van der Waals surface area (Å²) in [7, 11) is 1.32. The molecule has 0 radical (unpaired) electrons. The van der Waals surface area contributed by atoms with Crippen LogP contribution in [0, 0.1) is 5.41 Å². The molecule has 1 amide bonds. The van der Waals surface area contributed by atoms with Crippen LogP contribution >= 0.6 is 0 Å². The summed E-state index contributed by atoms with van der Waals surface area (Å²) in [6, 6.07) is 11.4. The number of hydrogen-bond acceptors (Lipinski definition) is 5. The van der Waals surface area contributed by atoms with Crippen molar-refractivity contribution < 1.29 is 19.1 Å². The summed E-state index contributed by atoms with van der Waals surface area (Å²) >= 11 is 0. The number of carbonyl (C=O) groups excluding carboxylic acids is 2. The maximum absolute atomic E-state index is 12.9. The van der Waals surface area contributed by atoms with E-state index < -0.39 is 11.4 Å². The second-order valence-electron chi connectivity index (χ2n) is 9.04. The number of amides is 1. The Morgan fingerprint density at radius 1 is 1.06 bits per heavy atom. The molecule has 0 N–H and O–H groups in total. The Labute approximate surface area is 188 Å². The average Bonchev–Trinajstić information content (AvgIpc) is 2.99. The first-order valence-electron chi connectivity index (χ1n) is 11.0. The lowest BCUT2D eigenvalue weighted by Gasteiger charge is -2.28. The van der Waals surface area contributed by atoms with Gasteiger partial charge in [-0.1, -0.05) is 51.1 Å². The predicted molar refractivity (Wildman–Crippen MR) is 122 cm³/mol. The van der Waals surface area contributed by atoms with E-state index >= 15 is 0 Å². The minimum absolute atomic E-state index is 0.0235. The topological polar surface area (TPSA) is 77.8 Å². The quantitative estimate of drug-likeness (QED) is 0.510. The van der Waals surface area contributed by atoms with Crippen molar-refractivity contribution in [3.8, 4) is 5.75 Å². The Morgan fingerprint density at radius 2 is 1.78 bits per heavy atom. The third-order valence-electron chi connectivity index (χ3n) is 5.62. The monoisotopic (exact) mass is 440 g/mol. The van der Waals surface area contributed by atoms with Crippen molar-refractivity contribution in [2.45, 2.75) is 46.6 Å². The van der Waals surface area contributed by atoms with Crippen molar-refractivity contribution in [2.24, 2.45) is 5.41 Å². The van der Waals surface area contributed by atoms with Gasteiger partial charge in [0.15, 0.2) is 0 Å². The van der Waals surface area contributed by atoms with Gasteiger partial charge in [-0.3, -0.25) is 9.59 Å². The lowest BCUT2D eigenvalue weighted by Crippen LogP contribution is -2.41. The molecule has 2 heterocycles. The summed E-state index contributed by atoms with van der Waals surface area (Å²) in [5.74, 6) is -0.269. The highest BCUT2D eigenvalue weighted by molar-refractivity contribution is 5.93. The van der Waals surface area contributed by atoms with Gasteiger partial charge in [0.1, 0.15) is 11.3 Å². The third-order valence-corrected chi connectivity index (χ3v) is 5.62. The molecule has 32 heavy (non-hydrogen) atoms. The largest absolute Gasteiger partial charge is 0.492 e. The number of nitrogens with zero attached hydrogens (tertiary/aromatic N) is 2. The maximum atomic E-state index is 12.9. The van der Waals surface area contributed by atoms with E-state index in [9.17, 15) is 14.4 Å². The molecule has 0 saturated carbocycles. The summed E-state index contributed by atoms with van der Waals surface area (Å²) < 4.78 is 12.5. The number of aromatic nitrogens is 1. The number of benzene rings is 1. The van der Waals surface area contributed by atoms with Gasteiger partial charge in [0.05, 0.1) is 13.7 Å². The summed E-state index contributed by atoms with van der Waals surface area (Å²) in [5, 5.41) is 0. The first-order chi connectivity index (χ1) is 15.2. The molecule has 0 atom stereocenters. The van der Waals surface area contributed by atoms with E-state index in [4.69, 9.17) is 9.47 Å². The number of fused-ring (bicyclic) bond motifs is 1. The lowest BCUT2D eigenvalue weighted by atomic mass is 9.94. The van der Waals surface area contributed by atoms with Crippen LogP contribution in [0.3, 0.4) is 0 Å². The van der Waals surface area contributed by atoms with Gasteiger partial charge in [0.25, 0.3) is 5.56 Å². The van der Waals surface area contributed by atoms with E-state index in [2.05, 4.69) is 12.1 Å². The van der Waals surface area contributed by atoms with E-state index in [0.29, 0.717) is 38.4 Å². The van der Waals surface area contributed by atoms with Gasteiger partial charge in [-0.05, 0) is 18.4 Å². The molecule has 1 aromatic heterocycles. The van der Waals surface area contributed by atoms with Crippen LogP contribution in [0.5, 0.6) is 5.75 Å². The van der Waals surface area contributed by atoms with Crippen molar-refractivity contribution in [3.05, 3.63) is 63.6 Å². The van der Waals surface area contributed by atoms with Crippen molar-refractivity contribution in [1.82, 2.24) is 9.47 Å². The zero-order valence-electron chi connectivity index (χ0n) is 19.3. The van der Waals surface area contributed by atoms with Crippen LogP contribution in [-0.4, -0.2) is 48.1 Å². The molecule has 7 nitrogen and oxygen atoms in total. The van der Waals surface area contributed by atoms with Crippen LogP contribution in [0.4, 0.5) is 0 Å². The summed E-state index contributed by atoms with van der Waals surface area (Å²) in [4.78, 5) is 40.0. The van der Waals surface area contributed by atoms with E-state index in [1.807, 2.05) is 39.0 Å². The molecule has 0 bridgehead atoms. The van der Waals surface area contributed by atoms with E-state index in [1.54, 1.807) is 9.47 Å². The molecule has 0 unspecified atom stereocenters. The van der Waals surface area contributed by atoms with Crippen molar-refractivity contribution in [1.29, 1.82) is 0 Å². The Balaban J connectivity index is 1.82. The normalized spacial score (nSPS) is 13.8. The summed E-state index contributed by atoms with van der Waals surface area (Å²) in [6.07, 6.45) is 1.96. The first kappa shape index (κ1) is 23.6. The van der Waals surface area contributed by atoms with Gasteiger partial charge in [0, 0.05) is 43.2 Å². The Hall–Kier alpha value is -3.09. The van der Waals surface area contributed by atoms with Gasteiger partial charge in [0.2, 0.25) is 5.91 Å². The minimum atomic E-state index is -0.539. The number of ether oxygens (including phenoxy) is 2. The zero-order chi connectivity index (χ0) is 23.3. The molecule has 1 aliphatic rings. The second-order valence-corrected chi connectivity index (χ2v) is 9.04. The molecule has 0 saturated heterocycles. The van der Waals surface area contributed by atoms with Crippen molar-refractivity contribution >= 4 is 11.9 Å². The molecule has 3 rings (SSSR count). The van der Waals surface area contributed by atoms with Crippen LogP contribution in [0.2, 0.25) is 0 Å². The Bertz CT molecular complexity index is 1020. The standard InChI is InChI=1S/C25H32N2O5/c1-25(2,3)24(30)26-13-12-19-22(23(29)31-4)20(17-21(28)27(19)15-14-26)32-16-8-11-18-9-6-5-7-10-18/h5-7,9-10,17H,8,11-16H2,1-4H3. The van der Waals surface area contributed by atoms with Crippen LogP contribution in [0.25, 0.3) is 0 Å². The number of esters is 1. The van der Waals surface area contributed by atoms with Gasteiger partial charge < -0.3 is 18.9 Å². The van der Waals surface area contributed by atoms with Crippen molar-refractivity contribution in [3.63, 3.8) is 0 Å². The first-order valence-corrected chi connectivity index (χ1v) is 11.0. The maximum Gasteiger partial charge on any atom is 0.343 e. The van der Waals surface area contributed by atoms with E-state index in [-0.39, 0.29) is 22.8 Å². The molecule has 0 fully saturated rings. The molecule has 0 spiro atoms. The number of aryl methyl sites for hydroxylation is 1. The third kappa shape index (κ3) is 5.39. The molecule has 1 aromatic carbocycles. The van der Waals surface area contributed by atoms with Crippen LogP contribution in [0.1, 0.15) is 48.8 Å². The Morgan fingerprint density at radius 3 is 2.44 bits per heavy atom. The van der Waals surface area contributed by atoms with Crippen molar-refractivity contribution in [2.75, 3.05) is 26.8 Å². The molecule has 0 aliphatic carbocycles. The number of pyridine rings is 1. The highest BCUT2D eigenvalue weighted by Gasteiger charge is 2.31. The minimum Gasteiger partial charge on any atom is -0.492 e. The SMILES string of the molecule is COC(=O)c1c(OCCCc2ccccc2)cc(=O)n2c1CCN(C(=O)C(C)(C)C)CC2. The predicted octanol–water partition coefficient (Wildman–Crippen LogP) is 3.08. The smallest absolute Gasteiger partial charge is 0.343 e. The number of methoxy groups -OCH3 is 1. The molecular formula is C25H32N2O5. The van der Waals surface area contributed by atoms with Crippen LogP contribution in [0.15, 0.2) is 41.2 Å². The molecule has 2 aromatic rings. The van der Waals surface area contributed by atoms with E-state index in [1.165, 1.54) is 18.7 Å². The van der Waals surface area contributed by atoms with Gasteiger partial charge >= 0.3 is 5.97 Å². The number of rotatable bonds is 6.